The van der Waals surface area contributed by atoms with Gasteiger partial charge in [0.05, 0.1) is 6.54 Å². The van der Waals surface area contributed by atoms with Crippen LogP contribution in [-0.2, 0) is 13.1 Å². The van der Waals surface area contributed by atoms with Crippen LogP contribution in [0.3, 0.4) is 0 Å². The third kappa shape index (κ3) is 4.56. The minimum atomic E-state index is 0.0496. The van der Waals surface area contributed by atoms with Crippen molar-refractivity contribution in [3.63, 3.8) is 0 Å². The molecular formula is C18H23N3OS. The van der Waals surface area contributed by atoms with Crippen LogP contribution >= 0.6 is 11.3 Å². The van der Waals surface area contributed by atoms with Crippen molar-refractivity contribution >= 4 is 17.4 Å². The molecule has 2 aromatic rings. The van der Waals surface area contributed by atoms with Crippen LogP contribution < -0.4 is 5.32 Å². The minimum absolute atomic E-state index is 0.0496. The molecule has 0 bridgehead atoms. The van der Waals surface area contributed by atoms with E-state index < -0.39 is 0 Å². The molecule has 2 heterocycles. The molecule has 122 valence electrons. The molecule has 3 rings (SSSR count). The highest BCUT2D eigenvalue weighted by Gasteiger charge is 2.20. The third-order valence-corrected chi connectivity index (χ3v) is 5.02. The number of rotatable bonds is 4. The Bertz CT molecular complexity index is 633. The highest BCUT2D eigenvalue weighted by Crippen LogP contribution is 2.11. The molecule has 1 aliphatic heterocycles. The molecule has 0 atom stereocenters. The zero-order valence-corrected chi connectivity index (χ0v) is 14.3. The maximum atomic E-state index is 12.2. The Balaban J connectivity index is 1.43. The van der Waals surface area contributed by atoms with Gasteiger partial charge in [0, 0.05) is 37.6 Å². The van der Waals surface area contributed by atoms with E-state index in [1.165, 1.54) is 16.0 Å². The molecule has 0 saturated carbocycles. The first-order valence-corrected chi connectivity index (χ1v) is 8.92. The summed E-state index contributed by atoms with van der Waals surface area (Å²) in [5.41, 5.74) is 2.65. The highest BCUT2D eigenvalue weighted by molar-refractivity contribution is 7.09. The predicted octanol–water partition coefficient (Wildman–Crippen LogP) is 3.08. The topological polar surface area (TPSA) is 35.6 Å². The first-order valence-electron chi connectivity index (χ1n) is 8.04. The van der Waals surface area contributed by atoms with E-state index in [0.29, 0.717) is 6.54 Å². The number of carbonyl (C=O) groups excluding carboxylic acids is 1. The van der Waals surface area contributed by atoms with Crippen LogP contribution in [0.25, 0.3) is 0 Å². The summed E-state index contributed by atoms with van der Waals surface area (Å²) in [5.74, 6) is 0. The standard InChI is InChI=1S/C18H23N3OS/c1-15-4-2-5-16(12-15)14-20-7-9-21(10-8-20)18(22)19-13-17-6-3-11-23-17/h2-6,11-12H,7-10,13-14H2,1H3,(H,19,22). The van der Waals surface area contributed by atoms with Gasteiger partial charge in [-0.25, -0.2) is 4.79 Å². The lowest BCUT2D eigenvalue weighted by atomic mass is 10.1. The number of thiophene rings is 1. The van der Waals surface area contributed by atoms with Gasteiger partial charge in [-0.05, 0) is 23.9 Å². The Labute approximate surface area is 141 Å². The maximum Gasteiger partial charge on any atom is 0.317 e. The zero-order valence-electron chi connectivity index (χ0n) is 13.5. The number of nitrogens with zero attached hydrogens (tertiary/aromatic N) is 2. The molecule has 2 amide bonds. The molecule has 1 N–H and O–H groups in total. The number of aryl methyl sites for hydroxylation is 1. The van der Waals surface area contributed by atoms with Gasteiger partial charge in [0.1, 0.15) is 0 Å². The van der Waals surface area contributed by atoms with E-state index in [1.54, 1.807) is 11.3 Å². The molecule has 23 heavy (non-hydrogen) atoms. The van der Waals surface area contributed by atoms with Gasteiger partial charge in [-0.15, -0.1) is 11.3 Å². The summed E-state index contributed by atoms with van der Waals surface area (Å²) in [6.07, 6.45) is 0. The van der Waals surface area contributed by atoms with Crippen molar-refractivity contribution in [2.75, 3.05) is 26.2 Å². The highest BCUT2D eigenvalue weighted by atomic mass is 32.1. The van der Waals surface area contributed by atoms with Crippen LogP contribution in [0.2, 0.25) is 0 Å². The Kier molecular flexibility index (Phi) is 5.31. The molecule has 0 aliphatic carbocycles. The van der Waals surface area contributed by atoms with Crippen molar-refractivity contribution in [1.29, 1.82) is 0 Å². The van der Waals surface area contributed by atoms with Crippen LogP contribution in [-0.4, -0.2) is 42.0 Å². The van der Waals surface area contributed by atoms with Gasteiger partial charge in [0.25, 0.3) is 0 Å². The summed E-state index contributed by atoms with van der Waals surface area (Å²) in [4.78, 5) is 17.7. The Morgan fingerprint density at radius 3 is 2.70 bits per heavy atom. The number of amides is 2. The third-order valence-electron chi connectivity index (χ3n) is 4.14. The fourth-order valence-electron chi connectivity index (χ4n) is 2.87. The lowest BCUT2D eigenvalue weighted by molar-refractivity contribution is 0.135. The molecule has 1 aromatic carbocycles. The lowest BCUT2D eigenvalue weighted by Crippen LogP contribution is -2.51. The predicted molar refractivity (Wildman–Crippen MR) is 94.6 cm³/mol. The number of urea groups is 1. The average Bonchev–Trinajstić information content (AvgIpc) is 3.07. The summed E-state index contributed by atoms with van der Waals surface area (Å²) >= 11 is 1.67. The second kappa shape index (κ2) is 7.62. The van der Waals surface area contributed by atoms with Gasteiger partial charge in [-0.3, -0.25) is 4.90 Å². The molecule has 1 fully saturated rings. The van der Waals surface area contributed by atoms with E-state index in [1.807, 2.05) is 22.4 Å². The molecule has 4 nitrogen and oxygen atoms in total. The fourth-order valence-corrected chi connectivity index (χ4v) is 3.51. The molecular weight excluding hydrogens is 306 g/mol. The Morgan fingerprint density at radius 1 is 1.17 bits per heavy atom. The number of hydrogen-bond donors (Lipinski definition) is 1. The molecule has 5 heteroatoms. The molecule has 1 saturated heterocycles. The summed E-state index contributed by atoms with van der Waals surface area (Å²) in [5, 5.41) is 5.04. The number of piperazine rings is 1. The summed E-state index contributed by atoms with van der Waals surface area (Å²) in [6, 6.07) is 12.8. The van der Waals surface area contributed by atoms with Gasteiger partial charge in [0.15, 0.2) is 0 Å². The van der Waals surface area contributed by atoms with Gasteiger partial charge < -0.3 is 10.2 Å². The Morgan fingerprint density at radius 2 is 2.00 bits per heavy atom. The first kappa shape index (κ1) is 16.0. The molecule has 0 radical (unpaired) electrons. The van der Waals surface area contributed by atoms with E-state index in [2.05, 4.69) is 41.4 Å². The molecule has 0 unspecified atom stereocenters. The zero-order chi connectivity index (χ0) is 16.1. The second-order valence-corrected chi connectivity index (χ2v) is 7.02. The van der Waals surface area contributed by atoms with Crippen LogP contribution in [0.1, 0.15) is 16.0 Å². The van der Waals surface area contributed by atoms with E-state index >= 15 is 0 Å². The van der Waals surface area contributed by atoms with Crippen molar-refractivity contribution in [3.05, 3.63) is 57.8 Å². The van der Waals surface area contributed by atoms with E-state index in [0.717, 1.165) is 32.7 Å². The number of nitrogens with one attached hydrogen (secondary N) is 1. The van der Waals surface area contributed by atoms with Crippen LogP contribution in [0.4, 0.5) is 4.79 Å². The van der Waals surface area contributed by atoms with Gasteiger partial charge >= 0.3 is 6.03 Å². The monoisotopic (exact) mass is 329 g/mol. The van der Waals surface area contributed by atoms with Crippen molar-refractivity contribution < 1.29 is 4.79 Å². The van der Waals surface area contributed by atoms with Crippen molar-refractivity contribution in [2.45, 2.75) is 20.0 Å². The van der Waals surface area contributed by atoms with E-state index in [9.17, 15) is 4.79 Å². The van der Waals surface area contributed by atoms with Crippen LogP contribution in [0.15, 0.2) is 41.8 Å². The SMILES string of the molecule is Cc1cccc(CN2CCN(C(=O)NCc3cccs3)CC2)c1. The van der Waals surface area contributed by atoms with Crippen molar-refractivity contribution in [2.24, 2.45) is 0 Å². The van der Waals surface area contributed by atoms with Gasteiger partial charge in [-0.2, -0.15) is 0 Å². The maximum absolute atomic E-state index is 12.2. The van der Waals surface area contributed by atoms with E-state index in [4.69, 9.17) is 0 Å². The first-order chi connectivity index (χ1) is 11.2. The van der Waals surface area contributed by atoms with Crippen LogP contribution in [0, 0.1) is 6.92 Å². The molecule has 1 aromatic heterocycles. The van der Waals surface area contributed by atoms with E-state index in [-0.39, 0.29) is 6.03 Å². The minimum Gasteiger partial charge on any atom is -0.333 e. The summed E-state index contributed by atoms with van der Waals surface area (Å²) in [7, 11) is 0. The van der Waals surface area contributed by atoms with Gasteiger partial charge in [-0.1, -0.05) is 35.9 Å². The van der Waals surface area contributed by atoms with Gasteiger partial charge in [0.2, 0.25) is 0 Å². The Hall–Kier alpha value is -1.85. The second-order valence-electron chi connectivity index (χ2n) is 5.99. The number of benzene rings is 1. The summed E-state index contributed by atoms with van der Waals surface area (Å²) < 4.78 is 0. The van der Waals surface area contributed by atoms with Crippen molar-refractivity contribution in [1.82, 2.24) is 15.1 Å². The normalized spacial score (nSPS) is 15.6. The number of carbonyl (C=O) groups is 1. The van der Waals surface area contributed by atoms with Crippen molar-refractivity contribution in [3.8, 4) is 0 Å². The molecule has 0 spiro atoms. The lowest BCUT2D eigenvalue weighted by Gasteiger charge is -2.34. The largest absolute Gasteiger partial charge is 0.333 e. The van der Waals surface area contributed by atoms with Crippen LogP contribution in [0.5, 0.6) is 0 Å². The quantitative estimate of drug-likeness (QED) is 0.936. The number of hydrogen-bond acceptors (Lipinski definition) is 3. The smallest absolute Gasteiger partial charge is 0.317 e. The summed E-state index contributed by atoms with van der Waals surface area (Å²) in [6.45, 7) is 7.16. The average molecular weight is 329 g/mol. The fraction of sp³-hybridized carbons (Fsp3) is 0.389. The molecule has 1 aliphatic rings.